The molecular formula is C26H29Cl2F3N4O4. The lowest BCUT2D eigenvalue weighted by Gasteiger charge is -2.34. The molecule has 4 rings (SSSR count). The summed E-state index contributed by atoms with van der Waals surface area (Å²) in [6, 6.07) is -1.15. The number of hydrogen-bond acceptors (Lipinski definition) is 5. The smallest absolute Gasteiger partial charge is 0.433 e. The molecule has 0 aliphatic heterocycles. The van der Waals surface area contributed by atoms with Crippen molar-refractivity contribution in [3.8, 4) is 0 Å². The number of carbonyl (C=O) groups excluding carboxylic acids is 2. The number of aliphatic carboxylic acids is 1. The van der Waals surface area contributed by atoms with Crippen LogP contribution in [0.3, 0.4) is 0 Å². The number of carbonyl (C=O) groups is 3. The highest BCUT2D eigenvalue weighted by Crippen LogP contribution is 2.45. The molecular weight excluding hydrogens is 560 g/mol. The molecule has 39 heavy (non-hydrogen) atoms. The summed E-state index contributed by atoms with van der Waals surface area (Å²) < 4.78 is 44.1. The van der Waals surface area contributed by atoms with Gasteiger partial charge in [0.25, 0.3) is 5.91 Å². The lowest BCUT2D eigenvalue weighted by atomic mass is 9.74. The van der Waals surface area contributed by atoms with Crippen LogP contribution in [0.4, 0.5) is 13.2 Å². The molecule has 0 unspecified atom stereocenters. The Morgan fingerprint density at radius 1 is 1.15 bits per heavy atom. The number of rotatable bonds is 8. The van der Waals surface area contributed by atoms with E-state index in [4.69, 9.17) is 23.2 Å². The molecule has 2 heterocycles. The van der Waals surface area contributed by atoms with Crippen molar-refractivity contribution >= 4 is 40.9 Å². The maximum Gasteiger partial charge on any atom is 0.433 e. The number of carboxylic acid groups (broad SMARTS) is 1. The Bertz CT molecular complexity index is 1270. The zero-order valence-corrected chi connectivity index (χ0v) is 23.1. The molecule has 1 amide bonds. The zero-order chi connectivity index (χ0) is 28.9. The average molecular weight is 589 g/mol. The Morgan fingerprint density at radius 3 is 2.23 bits per heavy atom. The van der Waals surface area contributed by atoms with Gasteiger partial charge in [-0.3, -0.25) is 24.0 Å². The van der Waals surface area contributed by atoms with Gasteiger partial charge < -0.3 is 10.0 Å². The Hall–Kier alpha value is -2.66. The van der Waals surface area contributed by atoms with E-state index in [0.717, 1.165) is 10.9 Å². The Labute approximate surface area is 233 Å². The van der Waals surface area contributed by atoms with E-state index in [2.05, 4.69) is 10.1 Å². The standard InChI is InChI=1S/C26H29Cl2F3N4O4/c1-13(2)15-8-19(15)34(12-20(36)21-17(27)10-32-11-18(21)28)23(37)16-9-33-35(22(16)26(29,30)31)14-4-6-25(3,7-5-14)24(38)39/h9-11,13-15,19H,4-8,12H2,1-3H3,(H,38,39)/t14?,15-,19+,25?/m1/s1. The maximum atomic E-state index is 14.4. The number of Topliss-reactive ketones (excluding diaryl/α,β-unsaturated/α-hetero) is 1. The van der Waals surface area contributed by atoms with Crippen LogP contribution in [-0.2, 0) is 11.0 Å². The maximum absolute atomic E-state index is 14.4. The van der Waals surface area contributed by atoms with Gasteiger partial charge in [0.1, 0.15) is 0 Å². The summed E-state index contributed by atoms with van der Waals surface area (Å²) in [4.78, 5) is 43.5. The Kier molecular flexibility index (Phi) is 8.06. The van der Waals surface area contributed by atoms with Gasteiger partial charge in [-0.25, -0.2) is 0 Å². The van der Waals surface area contributed by atoms with Crippen LogP contribution in [0.5, 0.6) is 0 Å². The highest BCUT2D eigenvalue weighted by Gasteiger charge is 2.49. The van der Waals surface area contributed by atoms with Crippen LogP contribution in [0.1, 0.15) is 85.3 Å². The third-order valence-corrected chi connectivity index (χ3v) is 8.56. The van der Waals surface area contributed by atoms with E-state index < -0.39 is 59.1 Å². The number of aromatic nitrogens is 3. The highest BCUT2D eigenvalue weighted by molar-refractivity contribution is 6.39. The largest absolute Gasteiger partial charge is 0.481 e. The van der Waals surface area contributed by atoms with Crippen molar-refractivity contribution in [1.29, 1.82) is 0 Å². The van der Waals surface area contributed by atoms with Gasteiger partial charge in [0.15, 0.2) is 11.5 Å². The van der Waals surface area contributed by atoms with Crippen molar-refractivity contribution in [1.82, 2.24) is 19.7 Å². The number of halogens is 5. The lowest BCUT2D eigenvalue weighted by Crippen LogP contribution is -2.40. The van der Waals surface area contributed by atoms with Crippen molar-refractivity contribution in [3.63, 3.8) is 0 Å². The minimum atomic E-state index is -4.91. The molecule has 2 aromatic rings. The molecule has 0 saturated heterocycles. The van der Waals surface area contributed by atoms with Crippen LogP contribution in [0.25, 0.3) is 0 Å². The van der Waals surface area contributed by atoms with E-state index in [1.807, 2.05) is 13.8 Å². The molecule has 0 spiro atoms. The van der Waals surface area contributed by atoms with E-state index >= 15 is 0 Å². The van der Waals surface area contributed by atoms with Crippen LogP contribution in [0, 0.1) is 17.3 Å². The lowest BCUT2D eigenvalue weighted by molar-refractivity contribution is -0.152. The topological polar surface area (TPSA) is 105 Å². The first-order valence-corrected chi connectivity index (χ1v) is 13.4. The molecule has 2 atom stereocenters. The summed E-state index contributed by atoms with van der Waals surface area (Å²) >= 11 is 12.2. The van der Waals surface area contributed by atoms with Crippen LogP contribution in [0.15, 0.2) is 18.6 Å². The first-order valence-electron chi connectivity index (χ1n) is 12.7. The summed E-state index contributed by atoms with van der Waals surface area (Å²) in [6.45, 7) is 4.95. The molecule has 0 bridgehead atoms. The molecule has 212 valence electrons. The molecule has 0 radical (unpaired) electrons. The second-order valence-electron chi connectivity index (χ2n) is 11.0. The summed E-state index contributed by atoms with van der Waals surface area (Å²) in [5.41, 5.74) is -2.92. The van der Waals surface area contributed by atoms with Crippen molar-refractivity contribution in [2.75, 3.05) is 6.54 Å². The molecule has 2 aliphatic rings. The molecule has 8 nitrogen and oxygen atoms in total. The van der Waals surface area contributed by atoms with Crippen LogP contribution < -0.4 is 0 Å². The van der Waals surface area contributed by atoms with Crippen molar-refractivity contribution in [2.24, 2.45) is 17.3 Å². The normalized spacial score (nSPS) is 25.0. The van der Waals surface area contributed by atoms with Crippen LogP contribution >= 0.6 is 23.2 Å². The number of nitrogens with zero attached hydrogens (tertiary/aromatic N) is 4. The van der Waals surface area contributed by atoms with E-state index in [9.17, 15) is 32.7 Å². The summed E-state index contributed by atoms with van der Waals surface area (Å²) in [6.07, 6.45) is -0.324. The molecule has 2 fully saturated rings. The number of alkyl halides is 3. The fourth-order valence-corrected chi connectivity index (χ4v) is 6.03. The van der Waals surface area contributed by atoms with Gasteiger partial charge in [-0.2, -0.15) is 18.3 Å². The minimum Gasteiger partial charge on any atom is -0.481 e. The first kappa shape index (κ1) is 29.3. The highest BCUT2D eigenvalue weighted by atomic mass is 35.5. The average Bonchev–Trinajstić information content (AvgIpc) is 3.51. The van der Waals surface area contributed by atoms with Gasteiger partial charge in [0.05, 0.1) is 45.4 Å². The minimum absolute atomic E-state index is 0.0153. The summed E-state index contributed by atoms with van der Waals surface area (Å²) in [5, 5.41) is 13.4. The number of ketones is 1. The fourth-order valence-electron chi connectivity index (χ4n) is 5.46. The zero-order valence-electron chi connectivity index (χ0n) is 21.6. The predicted octanol–water partition coefficient (Wildman–Crippen LogP) is 6.18. The molecule has 13 heteroatoms. The van der Waals surface area contributed by atoms with Gasteiger partial charge in [-0.1, -0.05) is 37.0 Å². The van der Waals surface area contributed by atoms with Gasteiger partial charge in [-0.15, -0.1) is 0 Å². The molecule has 1 N–H and O–H groups in total. The second kappa shape index (κ2) is 10.7. The number of carboxylic acids is 1. The summed E-state index contributed by atoms with van der Waals surface area (Å²) in [5.74, 6) is -2.41. The van der Waals surface area contributed by atoms with Gasteiger partial charge >= 0.3 is 12.1 Å². The van der Waals surface area contributed by atoms with Gasteiger partial charge in [0, 0.05) is 18.4 Å². The third-order valence-electron chi connectivity index (χ3n) is 7.98. The van der Waals surface area contributed by atoms with Crippen LogP contribution in [-0.4, -0.2) is 55.0 Å². The van der Waals surface area contributed by atoms with E-state index in [-0.39, 0.29) is 53.1 Å². The van der Waals surface area contributed by atoms with Crippen LogP contribution in [0.2, 0.25) is 10.0 Å². The monoisotopic (exact) mass is 588 g/mol. The van der Waals surface area contributed by atoms with Crippen molar-refractivity contribution < 1.29 is 32.7 Å². The van der Waals surface area contributed by atoms with Gasteiger partial charge in [0.2, 0.25) is 0 Å². The van der Waals surface area contributed by atoms with E-state index in [0.29, 0.717) is 6.42 Å². The molecule has 2 aliphatic carbocycles. The van der Waals surface area contributed by atoms with E-state index in [1.165, 1.54) is 17.3 Å². The quantitative estimate of drug-likeness (QED) is 0.369. The number of hydrogen-bond donors (Lipinski definition) is 1. The van der Waals surface area contributed by atoms with Crippen molar-refractivity contribution in [2.45, 2.75) is 71.1 Å². The Morgan fingerprint density at radius 2 is 1.74 bits per heavy atom. The molecule has 0 aromatic carbocycles. The molecule has 2 aromatic heterocycles. The van der Waals surface area contributed by atoms with E-state index in [1.54, 1.807) is 6.92 Å². The van der Waals surface area contributed by atoms with Crippen molar-refractivity contribution in [3.05, 3.63) is 45.5 Å². The third kappa shape index (κ3) is 5.79. The fraction of sp³-hybridized carbons (Fsp3) is 0.577. The first-order chi connectivity index (χ1) is 18.2. The number of pyridine rings is 1. The summed E-state index contributed by atoms with van der Waals surface area (Å²) in [7, 11) is 0. The predicted molar refractivity (Wildman–Crippen MR) is 137 cm³/mol. The molecule has 2 saturated carbocycles. The Balaban J connectivity index is 1.68. The second-order valence-corrected chi connectivity index (χ2v) is 11.8. The SMILES string of the molecule is CC(C)[C@H]1C[C@@H]1N(CC(=O)c1c(Cl)cncc1Cl)C(=O)c1cnn(C2CCC(C)(C(=O)O)CC2)c1C(F)(F)F. The van der Waals surface area contributed by atoms with Gasteiger partial charge in [-0.05, 0) is 50.9 Å². The number of amides is 1.